The highest BCUT2D eigenvalue weighted by molar-refractivity contribution is 7.90. The maximum atomic E-state index is 14.0. The van der Waals surface area contributed by atoms with E-state index in [1.165, 1.54) is 3.97 Å². The molecule has 0 unspecified atom stereocenters. The number of carbonyl (C=O) groups is 1. The zero-order valence-electron chi connectivity index (χ0n) is 21.7. The van der Waals surface area contributed by atoms with Crippen molar-refractivity contribution >= 4 is 26.8 Å². The van der Waals surface area contributed by atoms with Gasteiger partial charge in [-0.25, -0.2) is 12.4 Å². The summed E-state index contributed by atoms with van der Waals surface area (Å²) in [5, 5.41) is 10.4. The third kappa shape index (κ3) is 4.49. The fraction of sp³-hybridized carbons (Fsp3) is 0.267. The molecule has 0 radical (unpaired) electrons. The molecule has 4 aromatic rings. The zero-order chi connectivity index (χ0) is 27.0. The van der Waals surface area contributed by atoms with Crippen molar-refractivity contribution in [3.05, 3.63) is 99.7 Å². The summed E-state index contributed by atoms with van der Waals surface area (Å²) in [6, 6.07) is 19.5. The van der Waals surface area contributed by atoms with Gasteiger partial charge >= 0.3 is 0 Å². The molecule has 1 amide bonds. The smallest absolute Gasteiger partial charge is 0.268 e. The molecule has 194 valence electrons. The molecule has 5 rings (SSSR count). The van der Waals surface area contributed by atoms with Gasteiger partial charge in [-0.15, -0.1) is 0 Å². The van der Waals surface area contributed by atoms with Crippen molar-refractivity contribution in [3.8, 4) is 6.07 Å². The molecule has 7 nitrogen and oxygen atoms in total. The van der Waals surface area contributed by atoms with E-state index in [0.717, 1.165) is 27.6 Å². The van der Waals surface area contributed by atoms with Crippen LogP contribution in [0.3, 0.4) is 0 Å². The second kappa shape index (κ2) is 10.1. The fourth-order valence-electron chi connectivity index (χ4n) is 5.20. The average molecular weight is 528 g/mol. The normalized spacial score (nSPS) is 14.0. The van der Waals surface area contributed by atoms with Crippen LogP contribution in [0.15, 0.2) is 65.6 Å². The molecule has 2 heterocycles. The van der Waals surface area contributed by atoms with Gasteiger partial charge in [0.05, 0.1) is 35.3 Å². The van der Waals surface area contributed by atoms with E-state index in [0.29, 0.717) is 55.1 Å². The van der Waals surface area contributed by atoms with Gasteiger partial charge in [-0.1, -0.05) is 24.3 Å². The van der Waals surface area contributed by atoms with Crippen molar-refractivity contribution in [2.24, 2.45) is 0 Å². The first-order valence-electron chi connectivity index (χ1n) is 12.5. The predicted molar refractivity (Wildman–Crippen MR) is 146 cm³/mol. The number of aryl methyl sites for hydroxylation is 2. The molecule has 0 N–H and O–H groups in total. The number of benzene rings is 3. The third-order valence-corrected chi connectivity index (χ3v) is 9.07. The molecule has 1 fully saturated rings. The fourth-order valence-corrected chi connectivity index (χ4v) is 6.75. The molecule has 1 aliphatic rings. The van der Waals surface area contributed by atoms with Crippen LogP contribution in [-0.4, -0.2) is 49.5 Å². The minimum absolute atomic E-state index is 0.0426. The summed E-state index contributed by atoms with van der Waals surface area (Å²) in [5.41, 5.74) is 5.61. The lowest BCUT2D eigenvalue weighted by molar-refractivity contribution is 0.0302. The lowest BCUT2D eigenvalue weighted by Gasteiger charge is -2.28. The Kier molecular flexibility index (Phi) is 6.82. The van der Waals surface area contributed by atoms with Gasteiger partial charge in [0, 0.05) is 36.2 Å². The van der Waals surface area contributed by atoms with Crippen molar-refractivity contribution in [1.82, 2.24) is 8.87 Å². The van der Waals surface area contributed by atoms with Crippen LogP contribution in [0.1, 0.15) is 43.9 Å². The maximum Gasteiger partial charge on any atom is 0.268 e. The maximum absolute atomic E-state index is 14.0. The van der Waals surface area contributed by atoms with E-state index in [9.17, 15) is 18.5 Å². The Bertz CT molecular complexity index is 1690. The first-order valence-corrected chi connectivity index (χ1v) is 14.0. The number of fused-ring (bicyclic) bond motifs is 1. The van der Waals surface area contributed by atoms with Gasteiger partial charge in [-0.2, -0.15) is 5.26 Å². The molecule has 0 atom stereocenters. The second-order valence-electron chi connectivity index (χ2n) is 9.67. The standard InChI is InChI=1S/C30H29N3O4S/c1-20-9-10-26(30(34)32-11-13-37-14-12-32)22(3)27(20)17-24-18-28-21(2)15-23(19-31)16-29(28)33(24)38(35,36)25-7-5-4-6-8-25/h4-10,15-16,18H,11-14,17H2,1-3H3. The highest BCUT2D eigenvalue weighted by atomic mass is 32.2. The highest BCUT2D eigenvalue weighted by Crippen LogP contribution is 2.32. The lowest BCUT2D eigenvalue weighted by atomic mass is 9.93. The topological polar surface area (TPSA) is 92.4 Å². The van der Waals surface area contributed by atoms with Gasteiger partial charge in [-0.05, 0) is 79.4 Å². The van der Waals surface area contributed by atoms with Gasteiger partial charge in [0.2, 0.25) is 0 Å². The van der Waals surface area contributed by atoms with Crippen molar-refractivity contribution in [2.45, 2.75) is 32.1 Å². The van der Waals surface area contributed by atoms with E-state index in [2.05, 4.69) is 6.07 Å². The number of hydrogen-bond acceptors (Lipinski definition) is 5. The van der Waals surface area contributed by atoms with Crippen LogP contribution >= 0.6 is 0 Å². The summed E-state index contributed by atoms with van der Waals surface area (Å²) >= 11 is 0. The number of morpholine rings is 1. The summed E-state index contributed by atoms with van der Waals surface area (Å²) < 4.78 is 34.7. The Morgan fingerprint density at radius 1 is 0.974 bits per heavy atom. The molecule has 1 aliphatic heterocycles. The minimum atomic E-state index is -3.97. The third-order valence-electron chi connectivity index (χ3n) is 7.29. The number of nitrogens with zero attached hydrogens (tertiary/aromatic N) is 3. The number of nitriles is 1. The number of aromatic nitrogens is 1. The molecular weight excluding hydrogens is 498 g/mol. The van der Waals surface area contributed by atoms with Crippen LogP contribution in [0.5, 0.6) is 0 Å². The molecule has 8 heteroatoms. The van der Waals surface area contributed by atoms with Gasteiger partial charge in [-0.3, -0.25) is 4.79 Å². The predicted octanol–water partition coefficient (Wildman–Crippen LogP) is 4.74. The van der Waals surface area contributed by atoms with Gasteiger partial charge < -0.3 is 9.64 Å². The Morgan fingerprint density at radius 3 is 2.37 bits per heavy atom. The number of hydrogen-bond donors (Lipinski definition) is 0. The quantitative estimate of drug-likeness (QED) is 0.374. The Morgan fingerprint density at radius 2 is 1.68 bits per heavy atom. The van der Waals surface area contributed by atoms with Crippen LogP contribution in [0.2, 0.25) is 0 Å². The zero-order valence-corrected chi connectivity index (χ0v) is 22.5. The van der Waals surface area contributed by atoms with Crippen LogP contribution in [0.25, 0.3) is 10.9 Å². The molecule has 1 aromatic heterocycles. The molecule has 0 spiro atoms. The Labute approximate surface area is 222 Å². The van der Waals surface area contributed by atoms with E-state index >= 15 is 0 Å². The van der Waals surface area contributed by atoms with E-state index < -0.39 is 10.0 Å². The average Bonchev–Trinajstić information content (AvgIpc) is 3.31. The van der Waals surface area contributed by atoms with Crippen molar-refractivity contribution in [3.63, 3.8) is 0 Å². The Balaban J connectivity index is 1.68. The molecular formula is C30H29N3O4S. The first kappa shape index (κ1) is 25.7. The largest absolute Gasteiger partial charge is 0.378 e. The summed E-state index contributed by atoms with van der Waals surface area (Å²) in [6.45, 7) is 7.91. The number of rotatable bonds is 5. The summed E-state index contributed by atoms with van der Waals surface area (Å²) in [4.78, 5) is 15.3. The molecule has 1 saturated heterocycles. The summed E-state index contributed by atoms with van der Waals surface area (Å²) in [6.07, 6.45) is 0.309. The molecule has 3 aromatic carbocycles. The second-order valence-corrected chi connectivity index (χ2v) is 11.5. The first-order chi connectivity index (χ1) is 18.2. The molecule has 38 heavy (non-hydrogen) atoms. The van der Waals surface area contributed by atoms with Crippen molar-refractivity contribution in [2.75, 3.05) is 26.3 Å². The van der Waals surface area contributed by atoms with E-state index in [-0.39, 0.29) is 10.8 Å². The SMILES string of the molecule is Cc1ccc(C(=O)N2CCOCC2)c(C)c1Cc1cc2c(C)cc(C#N)cc2n1S(=O)(=O)c1ccccc1. The lowest BCUT2D eigenvalue weighted by Crippen LogP contribution is -2.41. The molecule has 0 aliphatic carbocycles. The molecule has 0 bridgehead atoms. The number of carbonyl (C=O) groups excluding carboxylic acids is 1. The monoisotopic (exact) mass is 527 g/mol. The van der Waals surface area contributed by atoms with E-state index in [1.54, 1.807) is 47.4 Å². The van der Waals surface area contributed by atoms with Crippen LogP contribution < -0.4 is 0 Å². The van der Waals surface area contributed by atoms with Gasteiger partial charge in [0.25, 0.3) is 15.9 Å². The van der Waals surface area contributed by atoms with Crippen LogP contribution in [0.4, 0.5) is 0 Å². The summed E-state index contributed by atoms with van der Waals surface area (Å²) in [7, 11) is -3.97. The van der Waals surface area contributed by atoms with Crippen molar-refractivity contribution in [1.29, 1.82) is 5.26 Å². The van der Waals surface area contributed by atoms with Gasteiger partial charge in [0.15, 0.2) is 0 Å². The number of ether oxygens (including phenoxy) is 1. The van der Waals surface area contributed by atoms with Crippen LogP contribution in [-0.2, 0) is 21.2 Å². The number of amides is 1. The van der Waals surface area contributed by atoms with Crippen LogP contribution in [0, 0.1) is 32.1 Å². The summed E-state index contributed by atoms with van der Waals surface area (Å²) in [5.74, 6) is -0.0426. The van der Waals surface area contributed by atoms with E-state index in [4.69, 9.17) is 4.74 Å². The van der Waals surface area contributed by atoms with E-state index in [1.807, 2.05) is 39.0 Å². The Hall–Kier alpha value is -3.93. The highest BCUT2D eigenvalue weighted by Gasteiger charge is 2.26. The molecule has 0 saturated carbocycles. The minimum Gasteiger partial charge on any atom is -0.378 e. The van der Waals surface area contributed by atoms with Crippen molar-refractivity contribution < 1.29 is 17.9 Å². The van der Waals surface area contributed by atoms with Gasteiger partial charge in [0.1, 0.15) is 0 Å².